The topological polar surface area (TPSA) is 9.23 Å². The molecule has 1 aromatic carbocycles. The standard InChI is InChI=1S/C12H17BrO/c1-2-6-11(13)9-10-14-12-7-4-3-5-8-12/h3-5,7-8,11H,2,6,9-10H2,1H3. The summed E-state index contributed by atoms with van der Waals surface area (Å²) >= 11 is 3.63. The molecular weight excluding hydrogens is 240 g/mol. The van der Waals surface area contributed by atoms with E-state index in [1.807, 2.05) is 30.3 Å². The lowest BCUT2D eigenvalue weighted by atomic mass is 10.2. The van der Waals surface area contributed by atoms with Crippen LogP contribution in [0, 0.1) is 0 Å². The van der Waals surface area contributed by atoms with Crippen LogP contribution in [0.25, 0.3) is 0 Å². The molecule has 0 aliphatic heterocycles. The second-order valence-corrected chi connectivity index (χ2v) is 4.63. The smallest absolute Gasteiger partial charge is 0.119 e. The molecule has 0 heterocycles. The first-order valence-electron chi connectivity index (χ1n) is 5.15. The Hall–Kier alpha value is -0.500. The first-order valence-corrected chi connectivity index (χ1v) is 6.06. The normalized spacial score (nSPS) is 12.4. The fourth-order valence-electron chi connectivity index (χ4n) is 1.28. The highest BCUT2D eigenvalue weighted by molar-refractivity contribution is 9.09. The Morgan fingerprint density at radius 3 is 2.57 bits per heavy atom. The molecule has 78 valence electrons. The van der Waals surface area contributed by atoms with Gasteiger partial charge in [0.15, 0.2) is 0 Å². The van der Waals surface area contributed by atoms with Gasteiger partial charge in [-0.3, -0.25) is 0 Å². The van der Waals surface area contributed by atoms with Gasteiger partial charge in [0, 0.05) is 4.83 Å². The van der Waals surface area contributed by atoms with Gasteiger partial charge >= 0.3 is 0 Å². The Morgan fingerprint density at radius 1 is 1.21 bits per heavy atom. The van der Waals surface area contributed by atoms with E-state index >= 15 is 0 Å². The van der Waals surface area contributed by atoms with Gasteiger partial charge in [-0.15, -0.1) is 0 Å². The monoisotopic (exact) mass is 256 g/mol. The number of ether oxygens (including phenoxy) is 1. The molecular formula is C12H17BrO. The molecule has 0 saturated heterocycles. The van der Waals surface area contributed by atoms with Gasteiger partial charge in [0.25, 0.3) is 0 Å². The molecule has 1 atom stereocenters. The van der Waals surface area contributed by atoms with Crippen LogP contribution in [-0.4, -0.2) is 11.4 Å². The van der Waals surface area contributed by atoms with Crippen LogP contribution in [0.4, 0.5) is 0 Å². The lowest BCUT2D eigenvalue weighted by molar-refractivity contribution is 0.308. The largest absolute Gasteiger partial charge is 0.494 e. The van der Waals surface area contributed by atoms with E-state index in [0.29, 0.717) is 4.83 Å². The van der Waals surface area contributed by atoms with Crippen LogP contribution in [0.5, 0.6) is 5.75 Å². The average molecular weight is 257 g/mol. The summed E-state index contributed by atoms with van der Waals surface area (Å²) in [6.45, 7) is 2.99. The van der Waals surface area contributed by atoms with Crippen molar-refractivity contribution in [3.8, 4) is 5.75 Å². The second kappa shape index (κ2) is 6.88. The van der Waals surface area contributed by atoms with E-state index in [0.717, 1.165) is 18.8 Å². The molecule has 1 unspecified atom stereocenters. The van der Waals surface area contributed by atoms with Crippen LogP contribution >= 0.6 is 15.9 Å². The van der Waals surface area contributed by atoms with Crippen LogP contribution in [0.15, 0.2) is 30.3 Å². The van der Waals surface area contributed by atoms with Gasteiger partial charge in [0.2, 0.25) is 0 Å². The molecule has 2 heteroatoms. The molecule has 0 amide bonds. The van der Waals surface area contributed by atoms with Crippen molar-refractivity contribution in [2.75, 3.05) is 6.61 Å². The third-order valence-electron chi connectivity index (χ3n) is 2.04. The van der Waals surface area contributed by atoms with Crippen molar-refractivity contribution in [3.63, 3.8) is 0 Å². The van der Waals surface area contributed by atoms with Gasteiger partial charge in [-0.1, -0.05) is 47.5 Å². The number of alkyl halides is 1. The number of hydrogen-bond donors (Lipinski definition) is 0. The highest BCUT2D eigenvalue weighted by Crippen LogP contribution is 2.14. The summed E-state index contributed by atoms with van der Waals surface area (Å²) in [6.07, 6.45) is 3.52. The summed E-state index contributed by atoms with van der Waals surface area (Å²) in [6, 6.07) is 9.96. The van der Waals surface area contributed by atoms with Gasteiger partial charge in [0.1, 0.15) is 5.75 Å². The Kier molecular flexibility index (Phi) is 5.69. The zero-order valence-corrected chi connectivity index (χ0v) is 10.2. The van der Waals surface area contributed by atoms with Crippen molar-refractivity contribution in [3.05, 3.63) is 30.3 Å². The maximum absolute atomic E-state index is 5.59. The van der Waals surface area contributed by atoms with Gasteiger partial charge < -0.3 is 4.74 Å². The predicted octanol–water partition coefficient (Wildman–Crippen LogP) is 4.02. The zero-order valence-electron chi connectivity index (χ0n) is 8.58. The molecule has 0 aliphatic carbocycles. The van der Waals surface area contributed by atoms with Gasteiger partial charge in [0.05, 0.1) is 6.61 Å². The number of halogens is 1. The lowest BCUT2D eigenvalue weighted by Gasteiger charge is -2.09. The minimum absolute atomic E-state index is 0.594. The summed E-state index contributed by atoms with van der Waals surface area (Å²) < 4.78 is 5.59. The van der Waals surface area contributed by atoms with Crippen LogP contribution < -0.4 is 4.74 Å². The summed E-state index contributed by atoms with van der Waals surface area (Å²) in [7, 11) is 0. The molecule has 0 N–H and O–H groups in total. The van der Waals surface area contributed by atoms with Crippen molar-refractivity contribution in [2.24, 2.45) is 0 Å². The maximum atomic E-state index is 5.59. The molecule has 0 bridgehead atoms. The maximum Gasteiger partial charge on any atom is 0.119 e. The SMILES string of the molecule is CCCC(Br)CCOc1ccccc1. The Morgan fingerprint density at radius 2 is 1.93 bits per heavy atom. The third kappa shape index (κ3) is 4.66. The first kappa shape index (κ1) is 11.6. The van der Waals surface area contributed by atoms with Crippen molar-refractivity contribution in [1.29, 1.82) is 0 Å². The minimum atomic E-state index is 0.594. The molecule has 0 aromatic heterocycles. The summed E-state index contributed by atoms with van der Waals surface area (Å²) in [5.41, 5.74) is 0. The Labute approximate surface area is 94.6 Å². The van der Waals surface area contributed by atoms with Crippen LogP contribution in [0.1, 0.15) is 26.2 Å². The van der Waals surface area contributed by atoms with Gasteiger partial charge in [-0.05, 0) is 25.0 Å². The zero-order chi connectivity index (χ0) is 10.2. The third-order valence-corrected chi connectivity index (χ3v) is 2.96. The number of hydrogen-bond acceptors (Lipinski definition) is 1. The second-order valence-electron chi connectivity index (χ2n) is 3.34. The van der Waals surface area contributed by atoms with E-state index in [1.54, 1.807) is 0 Å². The fraction of sp³-hybridized carbons (Fsp3) is 0.500. The van der Waals surface area contributed by atoms with Crippen LogP contribution in [-0.2, 0) is 0 Å². The average Bonchev–Trinajstić information content (AvgIpc) is 2.20. The van der Waals surface area contributed by atoms with E-state index in [4.69, 9.17) is 4.74 Å². The van der Waals surface area contributed by atoms with Crippen molar-refractivity contribution < 1.29 is 4.74 Å². The van der Waals surface area contributed by atoms with E-state index in [9.17, 15) is 0 Å². The molecule has 1 nitrogen and oxygen atoms in total. The van der Waals surface area contributed by atoms with Gasteiger partial charge in [-0.2, -0.15) is 0 Å². The quantitative estimate of drug-likeness (QED) is 0.699. The van der Waals surface area contributed by atoms with Crippen LogP contribution in [0.2, 0.25) is 0 Å². The predicted molar refractivity (Wildman–Crippen MR) is 64.2 cm³/mol. The first-order chi connectivity index (χ1) is 6.83. The number of para-hydroxylation sites is 1. The van der Waals surface area contributed by atoms with Crippen molar-refractivity contribution in [1.82, 2.24) is 0 Å². The number of rotatable bonds is 6. The van der Waals surface area contributed by atoms with E-state index in [-0.39, 0.29) is 0 Å². The van der Waals surface area contributed by atoms with E-state index in [2.05, 4.69) is 22.9 Å². The molecule has 0 radical (unpaired) electrons. The number of benzene rings is 1. The van der Waals surface area contributed by atoms with E-state index in [1.165, 1.54) is 12.8 Å². The highest BCUT2D eigenvalue weighted by atomic mass is 79.9. The Balaban J connectivity index is 2.16. The molecule has 14 heavy (non-hydrogen) atoms. The van der Waals surface area contributed by atoms with Crippen LogP contribution in [0.3, 0.4) is 0 Å². The molecule has 0 saturated carbocycles. The molecule has 1 rings (SSSR count). The molecule has 1 aromatic rings. The van der Waals surface area contributed by atoms with Gasteiger partial charge in [-0.25, -0.2) is 0 Å². The highest BCUT2D eigenvalue weighted by Gasteiger charge is 2.02. The minimum Gasteiger partial charge on any atom is -0.494 e. The lowest BCUT2D eigenvalue weighted by Crippen LogP contribution is -2.05. The molecule has 0 fully saturated rings. The summed E-state index contributed by atoms with van der Waals surface area (Å²) in [4.78, 5) is 0.594. The van der Waals surface area contributed by atoms with Crippen molar-refractivity contribution >= 4 is 15.9 Å². The van der Waals surface area contributed by atoms with Crippen molar-refractivity contribution in [2.45, 2.75) is 31.0 Å². The summed E-state index contributed by atoms with van der Waals surface area (Å²) in [5.74, 6) is 0.962. The fourth-order valence-corrected chi connectivity index (χ4v) is 1.92. The van der Waals surface area contributed by atoms with E-state index < -0.39 is 0 Å². The molecule has 0 aliphatic rings. The Bertz CT molecular complexity index is 235. The molecule has 0 spiro atoms. The summed E-state index contributed by atoms with van der Waals surface area (Å²) in [5, 5.41) is 0.